The lowest BCUT2D eigenvalue weighted by Gasteiger charge is -2.29. The van der Waals surface area contributed by atoms with Gasteiger partial charge in [-0.1, -0.05) is 0 Å². The van der Waals surface area contributed by atoms with Gasteiger partial charge in [-0.05, 0) is 64.2 Å². The largest absolute Gasteiger partial charge is 0.481 e. The summed E-state index contributed by atoms with van der Waals surface area (Å²) in [7, 11) is 0. The van der Waals surface area contributed by atoms with Crippen LogP contribution in [-0.4, -0.2) is 28.8 Å². The van der Waals surface area contributed by atoms with Crippen molar-refractivity contribution in [3.63, 3.8) is 0 Å². The Morgan fingerprint density at radius 1 is 1.12 bits per heavy atom. The van der Waals surface area contributed by atoms with Crippen LogP contribution in [0.1, 0.15) is 52.9 Å². The van der Waals surface area contributed by atoms with Gasteiger partial charge >= 0.3 is 18.1 Å². The molecule has 0 saturated heterocycles. The molecule has 0 spiro atoms. The molecule has 0 bridgehead atoms. The maximum absolute atomic E-state index is 12.8. The van der Waals surface area contributed by atoms with E-state index in [4.69, 9.17) is 4.74 Å². The molecular formula is C17H23F3O4. The number of carbonyl (C=O) groups is 2. The molecule has 3 aliphatic carbocycles. The molecule has 3 saturated carbocycles. The van der Waals surface area contributed by atoms with Gasteiger partial charge in [-0.25, -0.2) is 0 Å². The average Bonchev–Trinajstić information content (AvgIpc) is 3.20. The van der Waals surface area contributed by atoms with E-state index in [-0.39, 0.29) is 18.3 Å². The minimum atomic E-state index is -4.43. The molecule has 1 N–H and O–H groups in total. The summed E-state index contributed by atoms with van der Waals surface area (Å²) in [6.45, 7) is 5.04. The summed E-state index contributed by atoms with van der Waals surface area (Å²) in [4.78, 5) is 24.8. The molecule has 136 valence electrons. The zero-order valence-corrected chi connectivity index (χ0v) is 14.1. The first-order valence-electron chi connectivity index (χ1n) is 8.37. The van der Waals surface area contributed by atoms with Gasteiger partial charge in [-0.3, -0.25) is 9.59 Å². The normalized spacial score (nSPS) is 38.6. The number of aliphatic carboxylic acids is 1. The monoisotopic (exact) mass is 348 g/mol. The molecule has 0 radical (unpaired) electrons. The predicted octanol–water partition coefficient (Wildman–Crippen LogP) is 3.79. The Kier molecular flexibility index (Phi) is 3.57. The van der Waals surface area contributed by atoms with Crippen molar-refractivity contribution in [2.24, 2.45) is 28.6 Å². The molecule has 3 aliphatic rings. The van der Waals surface area contributed by atoms with Crippen molar-refractivity contribution in [3.05, 3.63) is 0 Å². The molecule has 3 rings (SSSR count). The molecule has 0 aromatic heterocycles. The number of hydrogen-bond acceptors (Lipinski definition) is 3. The third-order valence-electron chi connectivity index (χ3n) is 5.73. The zero-order chi connectivity index (χ0) is 18.1. The Morgan fingerprint density at radius 3 is 2.12 bits per heavy atom. The number of carboxylic acids is 1. The van der Waals surface area contributed by atoms with Crippen molar-refractivity contribution in [1.82, 2.24) is 0 Å². The summed E-state index contributed by atoms with van der Waals surface area (Å²) in [6.07, 6.45) is -3.51. The number of hydrogen-bond donors (Lipinski definition) is 1. The molecule has 0 aromatic carbocycles. The quantitative estimate of drug-likeness (QED) is 0.768. The highest BCUT2D eigenvalue weighted by Gasteiger charge is 2.85. The number of ether oxygens (including phenoxy) is 1. The second kappa shape index (κ2) is 4.88. The Balaban J connectivity index is 1.91. The van der Waals surface area contributed by atoms with Crippen molar-refractivity contribution in [2.45, 2.75) is 64.7 Å². The summed E-state index contributed by atoms with van der Waals surface area (Å²) >= 11 is 0. The van der Waals surface area contributed by atoms with E-state index < -0.39 is 46.9 Å². The van der Waals surface area contributed by atoms with Crippen LogP contribution in [-0.2, 0) is 14.3 Å². The standard InChI is InChI=1S/C17H23F3O4/c1-14(2,3)24-13(23)16(8-11(16)9-4-5-9)15(12(21)22)6-10(15)7-17(18,19)20/h9-11H,4-8H2,1-3H3,(H,21,22)/t10-,11-,15?,16?/m0/s1. The van der Waals surface area contributed by atoms with E-state index in [0.717, 1.165) is 12.8 Å². The second-order valence-corrected chi connectivity index (χ2v) is 8.62. The summed E-state index contributed by atoms with van der Waals surface area (Å²) in [5.74, 6) is -2.85. The molecule has 0 heterocycles. The molecule has 3 fully saturated rings. The van der Waals surface area contributed by atoms with E-state index in [0.29, 0.717) is 6.42 Å². The average molecular weight is 348 g/mol. The highest BCUT2D eigenvalue weighted by atomic mass is 19.4. The van der Waals surface area contributed by atoms with E-state index >= 15 is 0 Å². The van der Waals surface area contributed by atoms with Crippen molar-refractivity contribution >= 4 is 11.9 Å². The molecule has 4 nitrogen and oxygen atoms in total. The topological polar surface area (TPSA) is 63.6 Å². The minimum Gasteiger partial charge on any atom is -0.481 e. The lowest BCUT2D eigenvalue weighted by Crippen LogP contribution is -2.41. The SMILES string of the molecule is CC(C)(C)OC(=O)C1(C2(C(=O)O)C[C@H]2CC(F)(F)F)C[C@H]1C1CC1. The fourth-order valence-corrected chi connectivity index (χ4v) is 4.51. The van der Waals surface area contributed by atoms with Gasteiger partial charge in [-0.2, -0.15) is 13.2 Å². The highest BCUT2D eigenvalue weighted by molar-refractivity contribution is 5.93. The fraction of sp³-hybridized carbons (Fsp3) is 0.882. The number of carbonyl (C=O) groups excluding carboxylic acids is 1. The van der Waals surface area contributed by atoms with Crippen LogP contribution in [0.2, 0.25) is 0 Å². The summed E-state index contributed by atoms with van der Waals surface area (Å²) in [6, 6.07) is 0. The zero-order valence-electron chi connectivity index (χ0n) is 14.1. The van der Waals surface area contributed by atoms with Gasteiger partial charge < -0.3 is 9.84 Å². The van der Waals surface area contributed by atoms with Gasteiger partial charge in [-0.15, -0.1) is 0 Å². The van der Waals surface area contributed by atoms with Crippen LogP contribution in [0.15, 0.2) is 0 Å². The van der Waals surface area contributed by atoms with Crippen molar-refractivity contribution < 1.29 is 32.6 Å². The first-order chi connectivity index (χ1) is 10.8. The number of esters is 1. The van der Waals surface area contributed by atoms with E-state index in [1.165, 1.54) is 0 Å². The first-order valence-corrected chi connectivity index (χ1v) is 8.37. The van der Waals surface area contributed by atoms with Crippen LogP contribution in [0, 0.1) is 28.6 Å². The lowest BCUT2D eigenvalue weighted by molar-refractivity contribution is -0.175. The van der Waals surface area contributed by atoms with Gasteiger partial charge in [0, 0.05) is 6.42 Å². The van der Waals surface area contributed by atoms with Crippen molar-refractivity contribution in [3.8, 4) is 0 Å². The van der Waals surface area contributed by atoms with Crippen molar-refractivity contribution in [1.29, 1.82) is 0 Å². The molecule has 0 aliphatic heterocycles. The van der Waals surface area contributed by atoms with Crippen LogP contribution in [0.25, 0.3) is 0 Å². The maximum Gasteiger partial charge on any atom is 0.389 e. The minimum absolute atomic E-state index is 0.0930. The Labute approximate surface area is 138 Å². The summed E-state index contributed by atoms with van der Waals surface area (Å²) in [5, 5.41) is 9.74. The summed E-state index contributed by atoms with van der Waals surface area (Å²) < 4.78 is 43.8. The Bertz CT molecular complexity index is 575. The molecule has 7 heteroatoms. The van der Waals surface area contributed by atoms with Gasteiger partial charge in [0.1, 0.15) is 5.60 Å². The number of alkyl halides is 3. The summed E-state index contributed by atoms with van der Waals surface area (Å²) in [5.41, 5.74) is -3.68. The van der Waals surface area contributed by atoms with E-state index in [9.17, 15) is 27.9 Å². The number of halogens is 3. The van der Waals surface area contributed by atoms with E-state index in [1.807, 2.05) is 0 Å². The molecular weight excluding hydrogens is 325 g/mol. The molecule has 2 unspecified atom stereocenters. The highest BCUT2D eigenvalue weighted by Crippen LogP contribution is 2.80. The maximum atomic E-state index is 12.8. The van der Waals surface area contributed by atoms with Crippen LogP contribution >= 0.6 is 0 Å². The lowest BCUT2D eigenvalue weighted by atomic mass is 9.79. The third-order valence-corrected chi connectivity index (χ3v) is 5.73. The van der Waals surface area contributed by atoms with E-state index in [2.05, 4.69) is 0 Å². The predicted molar refractivity (Wildman–Crippen MR) is 78.0 cm³/mol. The molecule has 4 atom stereocenters. The smallest absolute Gasteiger partial charge is 0.389 e. The first kappa shape index (κ1) is 17.5. The Morgan fingerprint density at radius 2 is 1.71 bits per heavy atom. The van der Waals surface area contributed by atoms with Crippen LogP contribution < -0.4 is 0 Å². The third kappa shape index (κ3) is 2.69. The second-order valence-electron chi connectivity index (χ2n) is 8.62. The number of carboxylic acid groups (broad SMARTS) is 1. The fourth-order valence-electron chi connectivity index (χ4n) is 4.51. The van der Waals surface area contributed by atoms with Gasteiger partial charge in [0.05, 0.1) is 10.8 Å². The molecule has 0 amide bonds. The van der Waals surface area contributed by atoms with Gasteiger partial charge in [0.15, 0.2) is 0 Å². The molecule has 0 aromatic rings. The van der Waals surface area contributed by atoms with E-state index in [1.54, 1.807) is 20.8 Å². The van der Waals surface area contributed by atoms with Crippen LogP contribution in [0.4, 0.5) is 13.2 Å². The van der Waals surface area contributed by atoms with Crippen molar-refractivity contribution in [2.75, 3.05) is 0 Å². The van der Waals surface area contributed by atoms with Gasteiger partial charge in [0.25, 0.3) is 0 Å². The van der Waals surface area contributed by atoms with Crippen LogP contribution in [0.3, 0.4) is 0 Å². The van der Waals surface area contributed by atoms with Crippen LogP contribution in [0.5, 0.6) is 0 Å². The number of rotatable bonds is 5. The van der Waals surface area contributed by atoms with Gasteiger partial charge in [0.2, 0.25) is 0 Å². The molecule has 24 heavy (non-hydrogen) atoms. The Hall–Kier alpha value is -1.27.